The Kier molecular flexibility index (Phi) is 7.60. The van der Waals surface area contributed by atoms with Crippen LogP contribution in [0.1, 0.15) is 68.6 Å². The maximum Gasteiger partial charge on any atom is 0.257 e. The molecular weight excluding hydrogens is 340 g/mol. The molecule has 1 N–H and O–H groups in total. The van der Waals surface area contributed by atoms with Crippen LogP contribution in [0.25, 0.3) is 11.3 Å². The molecule has 0 fully saturated rings. The second-order valence-corrected chi connectivity index (χ2v) is 7.87. The van der Waals surface area contributed by atoms with E-state index in [4.69, 9.17) is 9.26 Å². The molecule has 1 heterocycles. The lowest BCUT2D eigenvalue weighted by atomic mass is 9.86. The van der Waals surface area contributed by atoms with Crippen LogP contribution >= 0.6 is 0 Å². The molecular formula is C22H32N2O3. The average Bonchev–Trinajstić information content (AvgIpc) is 3.02. The smallest absolute Gasteiger partial charge is 0.257 e. The molecule has 5 nitrogen and oxygen atoms in total. The van der Waals surface area contributed by atoms with E-state index in [1.54, 1.807) is 6.92 Å². The summed E-state index contributed by atoms with van der Waals surface area (Å²) in [6.45, 7) is 12.5. The molecule has 5 heteroatoms. The van der Waals surface area contributed by atoms with Gasteiger partial charge in [-0.25, -0.2) is 0 Å². The summed E-state index contributed by atoms with van der Waals surface area (Å²) in [5.41, 5.74) is 3.27. The summed E-state index contributed by atoms with van der Waals surface area (Å²) < 4.78 is 11.0. The molecule has 0 bridgehead atoms. The van der Waals surface area contributed by atoms with E-state index in [0.717, 1.165) is 31.4 Å². The van der Waals surface area contributed by atoms with Crippen LogP contribution in [0, 0.1) is 6.92 Å². The van der Waals surface area contributed by atoms with E-state index in [0.29, 0.717) is 30.2 Å². The van der Waals surface area contributed by atoms with Crippen molar-refractivity contribution in [1.82, 2.24) is 10.5 Å². The topological polar surface area (TPSA) is 64.4 Å². The van der Waals surface area contributed by atoms with Crippen molar-refractivity contribution in [2.24, 2.45) is 0 Å². The second-order valence-electron chi connectivity index (χ2n) is 7.87. The Morgan fingerprint density at radius 3 is 2.44 bits per heavy atom. The zero-order chi connectivity index (χ0) is 19.9. The molecule has 2 aromatic rings. The maximum absolute atomic E-state index is 12.6. The minimum absolute atomic E-state index is 0.0786. The number of hydrogen-bond donors (Lipinski definition) is 1. The van der Waals surface area contributed by atoms with Crippen molar-refractivity contribution < 1.29 is 14.1 Å². The van der Waals surface area contributed by atoms with Gasteiger partial charge >= 0.3 is 0 Å². The largest absolute Gasteiger partial charge is 0.381 e. The first-order valence-corrected chi connectivity index (χ1v) is 9.77. The predicted molar refractivity (Wildman–Crippen MR) is 108 cm³/mol. The van der Waals surface area contributed by atoms with Crippen LogP contribution in [0.5, 0.6) is 0 Å². The number of nitrogens with one attached hydrogen (secondary N) is 1. The van der Waals surface area contributed by atoms with Gasteiger partial charge in [-0.15, -0.1) is 0 Å². The van der Waals surface area contributed by atoms with E-state index in [2.05, 4.69) is 50.3 Å². The Morgan fingerprint density at radius 1 is 1.15 bits per heavy atom. The fraction of sp³-hybridized carbons (Fsp3) is 0.545. The molecule has 1 aromatic carbocycles. The molecule has 0 aliphatic carbocycles. The van der Waals surface area contributed by atoms with Gasteiger partial charge in [0.1, 0.15) is 5.56 Å². The van der Waals surface area contributed by atoms with Crippen LogP contribution in [-0.4, -0.2) is 30.8 Å². The number of nitrogens with zero attached hydrogens (tertiary/aromatic N) is 1. The highest BCUT2D eigenvalue weighted by molar-refractivity contribution is 6.00. The summed E-state index contributed by atoms with van der Waals surface area (Å²) >= 11 is 0. The van der Waals surface area contributed by atoms with Gasteiger partial charge in [0.15, 0.2) is 5.76 Å². The zero-order valence-electron chi connectivity index (χ0n) is 17.2. The molecule has 0 saturated carbocycles. The summed E-state index contributed by atoms with van der Waals surface area (Å²) in [6.07, 6.45) is 2.99. The highest BCUT2D eigenvalue weighted by Crippen LogP contribution is 2.29. The third-order valence-corrected chi connectivity index (χ3v) is 4.50. The molecule has 0 atom stereocenters. The minimum atomic E-state index is -0.155. The van der Waals surface area contributed by atoms with Gasteiger partial charge in [0.05, 0.1) is 5.69 Å². The first-order valence-electron chi connectivity index (χ1n) is 9.77. The quantitative estimate of drug-likeness (QED) is 0.637. The third kappa shape index (κ3) is 5.93. The van der Waals surface area contributed by atoms with Crippen molar-refractivity contribution in [1.29, 1.82) is 0 Å². The number of amides is 1. The summed E-state index contributed by atoms with van der Waals surface area (Å²) in [5.74, 6) is 0.363. The molecule has 0 radical (unpaired) electrons. The predicted octanol–water partition coefficient (Wildman–Crippen LogP) is 4.88. The van der Waals surface area contributed by atoms with Gasteiger partial charge in [-0.1, -0.05) is 63.5 Å². The van der Waals surface area contributed by atoms with Crippen molar-refractivity contribution in [2.75, 3.05) is 19.8 Å². The Morgan fingerprint density at radius 2 is 1.81 bits per heavy atom. The highest BCUT2D eigenvalue weighted by atomic mass is 16.5. The zero-order valence-corrected chi connectivity index (χ0v) is 17.2. The summed E-state index contributed by atoms with van der Waals surface area (Å²) in [6, 6.07) is 8.11. The Bertz CT molecular complexity index is 727. The van der Waals surface area contributed by atoms with Crippen molar-refractivity contribution in [3.8, 4) is 11.3 Å². The molecule has 1 amide bonds. The first-order chi connectivity index (χ1) is 12.8. The lowest BCUT2D eigenvalue weighted by Crippen LogP contribution is -2.26. The monoisotopic (exact) mass is 372 g/mol. The van der Waals surface area contributed by atoms with Crippen LogP contribution in [0.15, 0.2) is 28.8 Å². The third-order valence-electron chi connectivity index (χ3n) is 4.50. The first kappa shape index (κ1) is 21.2. The van der Waals surface area contributed by atoms with Gasteiger partial charge in [0.25, 0.3) is 5.91 Å². The van der Waals surface area contributed by atoms with Gasteiger partial charge in [-0.3, -0.25) is 4.79 Å². The maximum atomic E-state index is 12.6. The number of benzene rings is 1. The lowest BCUT2D eigenvalue weighted by molar-refractivity contribution is 0.0940. The summed E-state index contributed by atoms with van der Waals surface area (Å²) in [7, 11) is 0. The Hall–Kier alpha value is -2.14. The fourth-order valence-corrected chi connectivity index (χ4v) is 2.77. The number of aromatic nitrogens is 1. The fourth-order valence-electron chi connectivity index (χ4n) is 2.77. The average molecular weight is 373 g/mol. The van der Waals surface area contributed by atoms with Crippen molar-refractivity contribution >= 4 is 5.91 Å². The number of ether oxygens (including phenoxy) is 1. The molecule has 0 unspecified atom stereocenters. The van der Waals surface area contributed by atoms with Crippen LogP contribution in [-0.2, 0) is 10.2 Å². The van der Waals surface area contributed by atoms with Gasteiger partial charge < -0.3 is 14.6 Å². The van der Waals surface area contributed by atoms with Crippen LogP contribution in [0.3, 0.4) is 0 Å². The van der Waals surface area contributed by atoms with Crippen LogP contribution in [0.2, 0.25) is 0 Å². The van der Waals surface area contributed by atoms with Gasteiger partial charge in [-0.2, -0.15) is 0 Å². The molecule has 0 aliphatic rings. The minimum Gasteiger partial charge on any atom is -0.381 e. The lowest BCUT2D eigenvalue weighted by Gasteiger charge is -2.18. The number of hydrogen-bond acceptors (Lipinski definition) is 4. The number of aryl methyl sites for hydroxylation is 1. The Balaban J connectivity index is 2.00. The van der Waals surface area contributed by atoms with E-state index in [9.17, 15) is 4.79 Å². The van der Waals surface area contributed by atoms with Crippen LogP contribution in [0.4, 0.5) is 0 Å². The van der Waals surface area contributed by atoms with Crippen molar-refractivity contribution in [3.05, 3.63) is 41.1 Å². The highest BCUT2D eigenvalue weighted by Gasteiger charge is 2.22. The number of carbonyl (C=O) groups excluding carboxylic acids is 1. The van der Waals surface area contributed by atoms with Gasteiger partial charge in [-0.05, 0) is 30.7 Å². The molecule has 148 valence electrons. The standard InChI is InChI=1S/C22H32N2O3/c1-6-7-14-26-15-8-13-23-21(25)19-16(2)24-27-20(19)17-9-11-18(12-10-17)22(3,4)5/h9-12H,6-8,13-15H2,1-5H3,(H,23,25). The molecule has 1 aromatic heterocycles. The number of rotatable bonds is 9. The van der Waals surface area contributed by atoms with Gasteiger partial charge in [0, 0.05) is 25.3 Å². The second kappa shape index (κ2) is 9.70. The van der Waals surface area contributed by atoms with Gasteiger partial charge in [0.2, 0.25) is 0 Å². The SMILES string of the molecule is CCCCOCCCNC(=O)c1c(C)noc1-c1ccc(C(C)(C)C)cc1. The molecule has 2 rings (SSSR count). The van der Waals surface area contributed by atoms with E-state index in [-0.39, 0.29) is 11.3 Å². The number of unbranched alkanes of at least 4 members (excludes halogenated alkanes) is 1. The van der Waals surface area contributed by atoms with E-state index < -0.39 is 0 Å². The summed E-state index contributed by atoms with van der Waals surface area (Å²) in [4.78, 5) is 12.6. The molecule has 0 spiro atoms. The normalized spacial score (nSPS) is 11.6. The van der Waals surface area contributed by atoms with Crippen molar-refractivity contribution in [3.63, 3.8) is 0 Å². The number of carbonyl (C=O) groups is 1. The van der Waals surface area contributed by atoms with Crippen LogP contribution < -0.4 is 5.32 Å². The Labute approximate surface area is 162 Å². The van der Waals surface area contributed by atoms with E-state index in [1.165, 1.54) is 5.56 Å². The van der Waals surface area contributed by atoms with Crippen molar-refractivity contribution in [2.45, 2.75) is 59.3 Å². The van der Waals surface area contributed by atoms with E-state index in [1.807, 2.05) is 12.1 Å². The molecule has 0 aliphatic heterocycles. The van der Waals surface area contributed by atoms with E-state index >= 15 is 0 Å². The molecule has 0 saturated heterocycles. The molecule has 27 heavy (non-hydrogen) atoms. The summed E-state index contributed by atoms with van der Waals surface area (Å²) in [5, 5.41) is 6.95.